The summed E-state index contributed by atoms with van der Waals surface area (Å²) >= 11 is 0. The fraction of sp³-hybridized carbons (Fsp3) is 0.375. The molecule has 0 amide bonds. The summed E-state index contributed by atoms with van der Waals surface area (Å²) < 4.78 is 0. The average molecular weight is 242 g/mol. The lowest BCUT2D eigenvalue weighted by atomic mass is 9.78. The molecule has 0 aliphatic rings. The first kappa shape index (κ1) is 13.1. The van der Waals surface area contributed by atoms with E-state index in [2.05, 4.69) is 68.7 Å². The third kappa shape index (κ3) is 2.40. The number of rotatable bonds is 4. The van der Waals surface area contributed by atoms with Crippen molar-refractivity contribution in [3.63, 3.8) is 0 Å². The van der Waals surface area contributed by atoms with E-state index in [1.807, 2.05) is 0 Å². The van der Waals surface area contributed by atoms with Crippen molar-refractivity contribution < 1.29 is 0 Å². The molecule has 0 radical (unpaired) electrons. The topological polar surface area (TPSA) is 38.0 Å². The summed E-state index contributed by atoms with van der Waals surface area (Å²) in [4.78, 5) is 0. The van der Waals surface area contributed by atoms with E-state index in [4.69, 9.17) is 5.84 Å². The molecule has 1 atom stereocenters. The van der Waals surface area contributed by atoms with E-state index >= 15 is 0 Å². The van der Waals surface area contributed by atoms with Gasteiger partial charge in [0.05, 0.1) is 6.04 Å². The Morgan fingerprint density at radius 3 is 2.39 bits per heavy atom. The molecule has 18 heavy (non-hydrogen) atoms. The molecule has 2 rings (SSSR count). The summed E-state index contributed by atoms with van der Waals surface area (Å²) in [6, 6.07) is 15.2. The van der Waals surface area contributed by atoms with Gasteiger partial charge in [-0.25, -0.2) is 0 Å². The summed E-state index contributed by atoms with van der Waals surface area (Å²) in [7, 11) is 0. The van der Waals surface area contributed by atoms with Crippen molar-refractivity contribution in [1.82, 2.24) is 5.43 Å². The molecule has 0 aromatic heterocycles. The van der Waals surface area contributed by atoms with Crippen molar-refractivity contribution in [2.45, 2.75) is 33.2 Å². The van der Waals surface area contributed by atoms with Gasteiger partial charge in [0.15, 0.2) is 0 Å². The highest BCUT2D eigenvalue weighted by atomic mass is 15.2. The molecule has 0 bridgehead atoms. The number of benzene rings is 2. The number of hydrogen-bond donors (Lipinski definition) is 2. The van der Waals surface area contributed by atoms with Crippen molar-refractivity contribution in [1.29, 1.82) is 0 Å². The van der Waals surface area contributed by atoms with Gasteiger partial charge < -0.3 is 0 Å². The maximum Gasteiger partial charge on any atom is 0.0511 e. The zero-order chi connectivity index (χ0) is 13.2. The predicted molar refractivity (Wildman–Crippen MR) is 78.1 cm³/mol. The lowest BCUT2D eigenvalue weighted by Gasteiger charge is -2.33. The van der Waals surface area contributed by atoms with E-state index in [0.717, 1.165) is 6.42 Å². The molecule has 2 nitrogen and oxygen atoms in total. The SMILES string of the molecule is CCC(C)(C)C(NN)c1ccc2ccccc2c1. The predicted octanol–water partition coefficient (Wildman–Crippen LogP) is 3.78. The first-order chi connectivity index (χ1) is 8.58. The van der Waals surface area contributed by atoms with E-state index in [1.165, 1.54) is 16.3 Å². The summed E-state index contributed by atoms with van der Waals surface area (Å²) in [5.41, 5.74) is 4.36. The van der Waals surface area contributed by atoms with Crippen LogP contribution in [0.4, 0.5) is 0 Å². The molecular formula is C16H22N2. The molecule has 3 N–H and O–H groups in total. The van der Waals surface area contributed by atoms with Gasteiger partial charge in [-0.1, -0.05) is 57.2 Å². The van der Waals surface area contributed by atoms with Crippen LogP contribution in [-0.4, -0.2) is 0 Å². The van der Waals surface area contributed by atoms with Crippen LogP contribution in [0.5, 0.6) is 0 Å². The van der Waals surface area contributed by atoms with Gasteiger partial charge in [0.2, 0.25) is 0 Å². The molecule has 2 aromatic rings. The Balaban J connectivity index is 2.46. The largest absolute Gasteiger partial charge is 0.271 e. The Morgan fingerprint density at radius 1 is 1.11 bits per heavy atom. The van der Waals surface area contributed by atoms with E-state index in [1.54, 1.807) is 0 Å². The number of nitrogens with one attached hydrogen (secondary N) is 1. The maximum absolute atomic E-state index is 5.76. The highest BCUT2D eigenvalue weighted by Crippen LogP contribution is 2.36. The summed E-state index contributed by atoms with van der Waals surface area (Å²) in [6.07, 6.45) is 1.08. The van der Waals surface area contributed by atoms with Crippen LogP contribution in [0, 0.1) is 5.41 Å². The Bertz CT molecular complexity index is 531. The van der Waals surface area contributed by atoms with Crippen molar-refractivity contribution in [3.05, 3.63) is 48.0 Å². The van der Waals surface area contributed by atoms with Crippen LogP contribution in [0.3, 0.4) is 0 Å². The van der Waals surface area contributed by atoms with Gasteiger partial charge in [-0.15, -0.1) is 0 Å². The normalized spacial score (nSPS) is 13.8. The highest BCUT2D eigenvalue weighted by molar-refractivity contribution is 5.83. The monoisotopic (exact) mass is 242 g/mol. The fourth-order valence-electron chi connectivity index (χ4n) is 2.36. The minimum absolute atomic E-state index is 0.136. The molecule has 0 fully saturated rings. The quantitative estimate of drug-likeness (QED) is 0.632. The van der Waals surface area contributed by atoms with E-state index in [0.29, 0.717) is 0 Å². The standard InChI is InChI=1S/C16H22N2/c1-4-16(2,3)15(18-17)14-10-9-12-7-5-6-8-13(12)11-14/h5-11,15,18H,4,17H2,1-3H3. The zero-order valence-electron chi connectivity index (χ0n) is 11.4. The number of fused-ring (bicyclic) bond motifs is 1. The minimum Gasteiger partial charge on any atom is -0.271 e. The van der Waals surface area contributed by atoms with Crippen LogP contribution in [0.1, 0.15) is 38.8 Å². The number of nitrogens with two attached hydrogens (primary N) is 1. The van der Waals surface area contributed by atoms with Gasteiger partial charge in [0.1, 0.15) is 0 Å². The van der Waals surface area contributed by atoms with Gasteiger partial charge in [0.25, 0.3) is 0 Å². The smallest absolute Gasteiger partial charge is 0.0511 e. The molecule has 2 heteroatoms. The van der Waals surface area contributed by atoms with Crippen LogP contribution in [-0.2, 0) is 0 Å². The third-order valence-electron chi connectivity index (χ3n) is 3.97. The third-order valence-corrected chi connectivity index (χ3v) is 3.97. The summed E-state index contributed by atoms with van der Waals surface area (Å²) in [6.45, 7) is 6.69. The Hall–Kier alpha value is -1.38. The van der Waals surface area contributed by atoms with Gasteiger partial charge in [-0.05, 0) is 34.2 Å². The van der Waals surface area contributed by atoms with E-state index in [-0.39, 0.29) is 11.5 Å². The Labute approximate surface area is 109 Å². The lowest BCUT2D eigenvalue weighted by Crippen LogP contribution is -2.38. The van der Waals surface area contributed by atoms with Crippen molar-refractivity contribution in [2.75, 3.05) is 0 Å². The molecule has 96 valence electrons. The Morgan fingerprint density at radius 2 is 1.78 bits per heavy atom. The first-order valence-electron chi connectivity index (χ1n) is 6.53. The second-order valence-corrected chi connectivity index (χ2v) is 5.55. The fourth-order valence-corrected chi connectivity index (χ4v) is 2.36. The van der Waals surface area contributed by atoms with Crippen LogP contribution in [0.15, 0.2) is 42.5 Å². The molecule has 0 aliphatic heterocycles. The summed E-state index contributed by atoms with van der Waals surface area (Å²) in [5, 5.41) is 2.54. The van der Waals surface area contributed by atoms with Gasteiger partial charge in [-0.3, -0.25) is 11.3 Å². The summed E-state index contributed by atoms with van der Waals surface area (Å²) in [5.74, 6) is 5.76. The van der Waals surface area contributed by atoms with E-state index < -0.39 is 0 Å². The molecule has 0 heterocycles. The molecule has 0 saturated carbocycles. The molecular weight excluding hydrogens is 220 g/mol. The van der Waals surface area contributed by atoms with Crippen LogP contribution >= 0.6 is 0 Å². The molecule has 0 spiro atoms. The van der Waals surface area contributed by atoms with Crippen LogP contribution in [0.25, 0.3) is 10.8 Å². The van der Waals surface area contributed by atoms with Crippen molar-refractivity contribution >= 4 is 10.8 Å². The first-order valence-corrected chi connectivity index (χ1v) is 6.53. The van der Waals surface area contributed by atoms with Crippen LogP contribution in [0.2, 0.25) is 0 Å². The Kier molecular flexibility index (Phi) is 3.69. The number of hydrogen-bond acceptors (Lipinski definition) is 2. The van der Waals surface area contributed by atoms with Crippen molar-refractivity contribution in [2.24, 2.45) is 11.3 Å². The number of hydrazine groups is 1. The molecule has 0 aliphatic carbocycles. The lowest BCUT2D eigenvalue weighted by molar-refractivity contribution is 0.236. The second kappa shape index (κ2) is 5.09. The highest BCUT2D eigenvalue weighted by Gasteiger charge is 2.28. The second-order valence-electron chi connectivity index (χ2n) is 5.55. The minimum atomic E-state index is 0.136. The van der Waals surface area contributed by atoms with Gasteiger partial charge >= 0.3 is 0 Å². The van der Waals surface area contributed by atoms with Gasteiger partial charge in [0, 0.05) is 0 Å². The maximum atomic E-state index is 5.76. The average Bonchev–Trinajstić information content (AvgIpc) is 2.39. The molecule has 1 unspecified atom stereocenters. The van der Waals surface area contributed by atoms with Gasteiger partial charge in [-0.2, -0.15) is 0 Å². The molecule has 0 saturated heterocycles. The van der Waals surface area contributed by atoms with E-state index in [9.17, 15) is 0 Å². The van der Waals surface area contributed by atoms with Crippen molar-refractivity contribution in [3.8, 4) is 0 Å². The zero-order valence-corrected chi connectivity index (χ0v) is 11.4. The molecule has 2 aromatic carbocycles. The van der Waals surface area contributed by atoms with Crippen LogP contribution < -0.4 is 11.3 Å².